The fourth-order valence-electron chi connectivity index (χ4n) is 1.80. The molecule has 1 N–H and O–H groups in total. The number of nitrogens with one attached hydrogen (secondary N) is 1. The van der Waals surface area contributed by atoms with E-state index in [1.54, 1.807) is 0 Å². The number of carbonyl (C=O) groups excluding carboxylic acids is 2. The largest absolute Gasteiger partial charge is 0.455 e. The fourth-order valence-corrected chi connectivity index (χ4v) is 2.03. The highest BCUT2D eigenvalue weighted by molar-refractivity contribution is 6.34. The maximum absolute atomic E-state index is 11.6. The molecule has 112 valence electrons. The first-order chi connectivity index (χ1) is 9.97. The van der Waals surface area contributed by atoms with Crippen molar-refractivity contribution < 1.29 is 19.2 Å². The van der Waals surface area contributed by atoms with Gasteiger partial charge in [-0.2, -0.15) is 0 Å². The van der Waals surface area contributed by atoms with Gasteiger partial charge >= 0.3 is 5.97 Å². The van der Waals surface area contributed by atoms with Crippen molar-refractivity contribution in [1.29, 1.82) is 0 Å². The van der Waals surface area contributed by atoms with Crippen LogP contribution in [0.15, 0.2) is 18.2 Å². The van der Waals surface area contributed by atoms with E-state index in [1.807, 2.05) is 0 Å². The van der Waals surface area contributed by atoms with E-state index in [4.69, 9.17) is 16.3 Å². The molecule has 0 radical (unpaired) electrons. The Hall–Kier alpha value is -2.15. The van der Waals surface area contributed by atoms with E-state index < -0.39 is 17.4 Å². The summed E-state index contributed by atoms with van der Waals surface area (Å²) in [6.07, 6.45) is 2.60. The monoisotopic (exact) mass is 312 g/mol. The van der Waals surface area contributed by atoms with Gasteiger partial charge in [-0.1, -0.05) is 18.0 Å². The van der Waals surface area contributed by atoms with E-state index in [9.17, 15) is 19.7 Å². The quantitative estimate of drug-likeness (QED) is 0.511. The third-order valence-electron chi connectivity index (χ3n) is 3.22. The number of hydrogen-bond acceptors (Lipinski definition) is 5. The molecule has 1 aromatic carbocycles. The topological polar surface area (TPSA) is 98.5 Å². The maximum atomic E-state index is 11.6. The Labute approximate surface area is 125 Å². The molecule has 1 aromatic rings. The van der Waals surface area contributed by atoms with Crippen molar-refractivity contribution in [1.82, 2.24) is 0 Å². The van der Waals surface area contributed by atoms with E-state index in [2.05, 4.69) is 5.32 Å². The number of rotatable bonds is 5. The van der Waals surface area contributed by atoms with Gasteiger partial charge in [0.25, 0.3) is 11.6 Å². The molecular formula is C13H13ClN2O5. The SMILES string of the molecule is O=C(COC(=O)C1CCC1)Nc1ccc([N+](=O)[O-])cc1Cl. The highest BCUT2D eigenvalue weighted by Crippen LogP contribution is 2.28. The molecule has 0 spiro atoms. The third-order valence-corrected chi connectivity index (χ3v) is 3.53. The summed E-state index contributed by atoms with van der Waals surface area (Å²) in [5.41, 5.74) is 0.0568. The minimum absolute atomic E-state index is 0.0443. The van der Waals surface area contributed by atoms with Gasteiger partial charge in [0.05, 0.1) is 21.6 Å². The van der Waals surface area contributed by atoms with Gasteiger partial charge in [-0.05, 0) is 18.9 Å². The van der Waals surface area contributed by atoms with Crippen molar-refractivity contribution in [2.24, 2.45) is 5.92 Å². The van der Waals surface area contributed by atoms with Crippen LogP contribution in [0, 0.1) is 16.0 Å². The summed E-state index contributed by atoms with van der Waals surface area (Å²) in [4.78, 5) is 33.1. The molecule has 0 unspecified atom stereocenters. The first kappa shape index (κ1) is 15.2. The summed E-state index contributed by atoms with van der Waals surface area (Å²) < 4.78 is 4.88. The predicted molar refractivity (Wildman–Crippen MR) is 75.0 cm³/mol. The van der Waals surface area contributed by atoms with Crippen molar-refractivity contribution >= 4 is 34.9 Å². The summed E-state index contributed by atoms with van der Waals surface area (Å²) in [6, 6.07) is 3.69. The highest BCUT2D eigenvalue weighted by Gasteiger charge is 2.27. The Kier molecular flexibility index (Phi) is 4.74. The molecule has 0 aliphatic heterocycles. The van der Waals surface area contributed by atoms with Gasteiger partial charge in [0, 0.05) is 12.1 Å². The van der Waals surface area contributed by atoms with Crippen LogP contribution >= 0.6 is 11.6 Å². The number of amides is 1. The van der Waals surface area contributed by atoms with Crippen molar-refractivity contribution in [2.45, 2.75) is 19.3 Å². The molecule has 1 saturated carbocycles. The minimum Gasteiger partial charge on any atom is -0.455 e. The van der Waals surface area contributed by atoms with E-state index in [-0.39, 0.29) is 28.3 Å². The lowest BCUT2D eigenvalue weighted by Gasteiger charge is -2.22. The number of ether oxygens (including phenoxy) is 1. The number of carbonyl (C=O) groups is 2. The Bertz CT molecular complexity index is 586. The summed E-state index contributed by atoms with van der Waals surface area (Å²) >= 11 is 5.84. The van der Waals surface area contributed by atoms with Crippen LogP contribution in [-0.4, -0.2) is 23.4 Å². The number of hydrogen-bond donors (Lipinski definition) is 1. The van der Waals surface area contributed by atoms with Crippen LogP contribution in [-0.2, 0) is 14.3 Å². The Morgan fingerprint density at radius 3 is 2.67 bits per heavy atom. The zero-order valence-electron chi connectivity index (χ0n) is 11.0. The summed E-state index contributed by atoms with van der Waals surface area (Å²) in [5.74, 6) is -1.01. The van der Waals surface area contributed by atoms with E-state index in [0.717, 1.165) is 25.3 Å². The standard InChI is InChI=1S/C13H13ClN2O5/c14-10-6-9(16(19)20)4-5-11(10)15-12(17)7-21-13(18)8-2-1-3-8/h4-6,8H,1-3,7H2,(H,15,17). The predicted octanol–water partition coefficient (Wildman–Crippen LogP) is 2.53. The van der Waals surface area contributed by atoms with Crippen molar-refractivity contribution in [2.75, 3.05) is 11.9 Å². The highest BCUT2D eigenvalue weighted by atomic mass is 35.5. The van der Waals surface area contributed by atoms with Crippen LogP contribution in [0.1, 0.15) is 19.3 Å². The Balaban J connectivity index is 1.87. The molecule has 1 fully saturated rings. The molecule has 0 bridgehead atoms. The van der Waals surface area contributed by atoms with E-state index in [1.165, 1.54) is 12.1 Å². The zero-order valence-corrected chi connectivity index (χ0v) is 11.8. The average Bonchev–Trinajstić information content (AvgIpc) is 2.36. The normalized spacial score (nSPS) is 14.1. The molecule has 2 rings (SSSR count). The molecule has 0 saturated heterocycles. The van der Waals surface area contributed by atoms with Crippen molar-refractivity contribution in [3.05, 3.63) is 33.3 Å². The molecule has 0 heterocycles. The molecule has 8 heteroatoms. The molecular weight excluding hydrogens is 300 g/mol. The van der Waals surface area contributed by atoms with Crippen molar-refractivity contribution in [3.63, 3.8) is 0 Å². The molecule has 1 aliphatic carbocycles. The lowest BCUT2D eigenvalue weighted by Crippen LogP contribution is -2.28. The lowest BCUT2D eigenvalue weighted by atomic mass is 9.86. The van der Waals surface area contributed by atoms with Crippen molar-refractivity contribution in [3.8, 4) is 0 Å². The molecule has 1 aliphatic rings. The van der Waals surface area contributed by atoms with E-state index >= 15 is 0 Å². The molecule has 7 nitrogen and oxygen atoms in total. The summed E-state index contributed by atoms with van der Waals surface area (Å²) in [7, 11) is 0. The molecule has 0 atom stereocenters. The minimum atomic E-state index is -0.585. The number of nitrogens with zero attached hydrogens (tertiary/aromatic N) is 1. The summed E-state index contributed by atoms with van der Waals surface area (Å²) in [6.45, 7) is -0.400. The van der Waals surface area contributed by atoms with Crippen LogP contribution in [0.25, 0.3) is 0 Å². The maximum Gasteiger partial charge on any atom is 0.309 e. The number of non-ortho nitro benzene ring substituents is 1. The Morgan fingerprint density at radius 1 is 1.43 bits per heavy atom. The zero-order chi connectivity index (χ0) is 15.4. The van der Waals surface area contributed by atoms with Crippen LogP contribution in [0.5, 0.6) is 0 Å². The molecule has 1 amide bonds. The second-order valence-corrected chi connectivity index (χ2v) is 5.11. The van der Waals surface area contributed by atoms with Gasteiger partial charge in [-0.15, -0.1) is 0 Å². The lowest BCUT2D eigenvalue weighted by molar-refractivity contribution is -0.384. The average molecular weight is 313 g/mol. The van der Waals surface area contributed by atoms with Gasteiger partial charge < -0.3 is 10.1 Å². The van der Waals surface area contributed by atoms with E-state index in [0.29, 0.717) is 0 Å². The number of benzene rings is 1. The first-order valence-corrected chi connectivity index (χ1v) is 6.75. The number of nitro benzene ring substituents is 1. The van der Waals surface area contributed by atoms with Crippen LogP contribution in [0.2, 0.25) is 5.02 Å². The fraction of sp³-hybridized carbons (Fsp3) is 0.385. The summed E-state index contributed by atoms with van der Waals surface area (Å²) in [5, 5.41) is 13.0. The van der Waals surface area contributed by atoms with Gasteiger partial charge in [-0.25, -0.2) is 0 Å². The number of halogens is 1. The molecule has 0 aromatic heterocycles. The number of esters is 1. The Morgan fingerprint density at radius 2 is 2.14 bits per heavy atom. The second-order valence-electron chi connectivity index (χ2n) is 4.70. The third kappa shape index (κ3) is 3.91. The number of anilines is 1. The van der Waals surface area contributed by atoms with Gasteiger partial charge in [0.1, 0.15) is 0 Å². The first-order valence-electron chi connectivity index (χ1n) is 6.38. The second kappa shape index (κ2) is 6.53. The molecule has 21 heavy (non-hydrogen) atoms. The van der Waals surface area contributed by atoms with Crippen LogP contribution in [0.3, 0.4) is 0 Å². The van der Waals surface area contributed by atoms with Gasteiger partial charge in [0.2, 0.25) is 0 Å². The van der Waals surface area contributed by atoms with Crippen LogP contribution < -0.4 is 5.32 Å². The smallest absolute Gasteiger partial charge is 0.309 e. The van der Waals surface area contributed by atoms with Gasteiger partial charge in [0.15, 0.2) is 6.61 Å². The van der Waals surface area contributed by atoms with Crippen LogP contribution in [0.4, 0.5) is 11.4 Å². The van der Waals surface area contributed by atoms with Gasteiger partial charge in [-0.3, -0.25) is 19.7 Å². The number of nitro groups is 1.